The van der Waals surface area contributed by atoms with Crippen LogP contribution in [0.25, 0.3) is 106 Å². The van der Waals surface area contributed by atoms with E-state index in [0.29, 0.717) is 5.82 Å². The third kappa shape index (κ3) is 6.76. The van der Waals surface area contributed by atoms with E-state index in [1.807, 2.05) is 18.3 Å². The van der Waals surface area contributed by atoms with Gasteiger partial charge in [-0.1, -0.05) is 212 Å². The summed E-state index contributed by atoms with van der Waals surface area (Å²) in [4.78, 5) is 10.3. The smallest absolute Gasteiger partial charge is 0.160 e. The van der Waals surface area contributed by atoms with Gasteiger partial charge in [0.05, 0.1) is 28.8 Å². The number of rotatable bonds is 8. The summed E-state index contributed by atoms with van der Waals surface area (Å²) in [6.45, 7) is 0. The quantitative estimate of drug-likeness (QED) is 0.154. The molecule has 0 atom stereocenters. The minimum Gasteiger partial charge on any atom is -0.231 e. The number of hydrogen-bond acceptors (Lipinski definition) is 3. The fourth-order valence-electron chi connectivity index (χ4n) is 8.51. The maximum Gasteiger partial charge on any atom is 0.160 e. The van der Waals surface area contributed by atoms with Crippen LogP contribution in [0, 0.1) is 0 Å². The van der Waals surface area contributed by atoms with Gasteiger partial charge in [-0.05, 0) is 50.9 Å². The highest BCUT2D eigenvalue weighted by Crippen LogP contribution is 2.43. The number of aromatic nitrogens is 4. The zero-order valence-electron chi connectivity index (χ0n) is 33.2. The molecule has 0 amide bonds. The highest BCUT2D eigenvalue weighted by molar-refractivity contribution is 6.13. The van der Waals surface area contributed by atoms with Crippen molar-refractivity contribution in [2.45, 2.75) is 0 Å². The van der Waals surface area contributed by atoms with Crippen LogP contribution in [0.2, 0.25) is 0 Å². The van der Waals surface area contributed by atoms with E-state index in [0.717, 1.165) is 83.6 Å². The fraction of sp³-hybridized carbons (Fsp3) is 0. The highest BCUT2D eigenvalue weighted by Gasteiger charge is 2.21. The molecule has 61 heavy (non-hydrogen) atoms. The van der Waals surface area contributed by atoms with E-state index < -0.39 is 0 Å². The van der Waals surface area contributed by atoms with E-state index in [1.165, 1.54) is 16.5 Å². The monoisotopic (exact) mass is 778 g/mol. The van der Waals surface area contributed by atoms with Gasteiger partial charge in [-0.2, -0.15) is 5.10 Å². The number of nitrogens with zero attached hydrogens (tertiary/aromatic N) is 4. The van der Waals surface area contributed by atoms with Gasteiger partial charge in [0.25, 0.3) is 0 Å². The van der Waals surface area contributed by atoms with Gasteiger partial charge in [-0.25, -0.2) is 14.5 Å². The Morgan fingerprint density at radius 1 is 0.311 bits per heavy atom. The Balaban J connectivity index is 1.00. The van der Waals surface area contributed by atoms with Crippen LogP contribution in [0.15, 0.2) is 231 Å². The highest BCUT2D eigenvalue weighted by atomic mass is 15.2. The number of pyridine rings is 1. The molecular weight excluding hydrogens is 741 g/mol. The average molecular weight is 779 g/mol. The summed E-state index contributed by atoms with van der Waals surface area (Å²) in [6.07, 6.45) is 2.01. The molecule has 0 spiro atoms. The van der Waals surface area contributed by atoms with Crippen molar-refractivity contribution in [3.05, 3.63) is 231 Å². The van der Waals surface area contributed by atoms with E-state index in [1.54, 1.807) is 0 Å². The maximum atomic E-state index is 5.18. The first-order chi connectivity index (χ1) is 30.2. The zero-order valence-corrected chi connectivity index (χ0v) is 33.2. The molecule has 11 aromatic rings. The van der Waals surface area contributed by atoms with Gasteiger partial charge in [0.2, 0.25) is 0 Å². The molecule has 0 saturated heterocycles. The lowest BCUT2D eigenvalue weighted by atomic mass is 9.91. The molecule has 3 aromatic heterocycles. The first kappa shape index (κ1) is 35.9. The van der Waals surface area contributed by atoms with Crippen LogP contribution in [0.3, 0.4) is 0 Å². The maximum absolute atomic E-state index is 5.18. The molecule has 0 aliphatic heterocycles. The summed E-state index contributed by atoms with van der Waals surface area (Å²) in [5.41, 5.74) is 17.2. The molecule has 0 aliphatic carbocycles. The second kappa shape index (κ2) is 15.5. The van der Waals surface area contributed by atoms with Crippen molar-refractivity contribution in [3.63, 3.8) is 0 Å². The minimum absolute atomic E-state index is 0.684. The van der Waals surface area contributed by atoms with Crippen LogP contribution in [0.1, 0.15) is 0 Å². The lowest BCUT2D eigenvalue weighted by Gasteiger charge is -2.18. The Morgan fingerprint density at radius 2 is 0.754 bits per heavy atom. The molecule has 4 heteroatoms. The first-order valence-corrected chi connectivity index (χ1v) is 20.6. The van der Waals surface area contributed by atoms with Crippen LogP contribution in [-0.2, 0) is 0 Å². The Labute approximate surface area is 354 Å². The normalized spacial score (nSPS) is 11.3. The van der Waals surface area contributed by atoms with E-state index >= 15 is 0 Å². The minimum atomic E-state index is 0.684. The molecule has 286 valence electrons. The van der Waals surface area contributed by atoms with Gasteiger partial charge in [0.1, 0.15) is 0 Å². The topological polar surface area (TPSA) is 43.1 Å². The van der Waals surface area contributed by atoms with Crippen molar-refractivity contribution < 1.29 is 0 Å². The van der Waals surface area contributed by atoms with Crippen molar-refractivity contribution in [2.24, 2.45) is 0 Å². The average Bonchev–Trinajstić information content (AvgIpc) is 3.80. The van der Waals surface area contributed by atoms with Crippen molar-refractivity contribution in [1.82, 2.24) is 19.6 Å². The SMILES string of the molecule is c1ccc(-c2ccc(-c3cc(-c4ccccc4)nc(-c4cccc(-c5ccc(-c6c(-c7ccccc7)n7ncc(-c8ccccc8)c7c7ccccc67)cc5)c4)n3)cc2)cc1. The molecule has 8 aromatic carbocycles. The summed E-state index contributed by atoms with van der Waals surface area (Å²) in [6, 6.07) is 78.9. The van der Waals surface area contributed by atoms with Crippen LogP contribution < -0.4 is 0 Å². The molecule has 0 fully saturated rings. The lowest BCUT2D eigenvalue weighted by molar-refractivity contribution is 0.976. The molecule has 0 N–H and O–H groups in total. The van der Waals surface area contributed by atoms with Gasteiger partial charge in [-0.3, -0.25) is 0 Å². The van der Waals surface area contributed by atoms with Crippen molar-refractivity contribution >= 4 is 16.3 Å². The van der Waals surface area contributed by atoms with Crippen LogP contribution in [0.5, 0.6) is 0 Å². The Hall–Kier alpha value is -8.21. The third-order valence-electron chi connectivity index (χ3n) is 11.5. The third-order valence-corrected chi connectivity index (χ3v) is 11.5. The molecular formula is C57H38N4. The van der Waals surface area contributed by atoms with Crippen LogP contribution in [-0.4, -0.2) is 19.6 Å². The molecule has 11 rings (SSSR count). The van der Waals surface area contributed by atoms with Crippen molar-refractivity contribution in [3.8, 4) is 89.7 Å². The summed E-state index contributed by atoms with van der Waals surface area (Å²) >= 11 is 0. The summed E-state index contributed by atoms with van der Waals surface area (Å²) in [5.74, 6) is 0.684. The van der Waals surface area contributed by atoms with E-state index in [2.05, 4.69) is 217 Å². The first-order valence-electron chi connectivity index (χ1n) is 20.6. The molecule has 0 aliphatic rings. The van der Waals surface area contributed by atoms with Gasteiger partial charge >= 0.3 is 0 Å². The summed E-state index contributed by atoms with van der Waals surface area (Å²) in [5, 5.41) is 7.43. The molecule has 0 radical (unpaired) electrons. The van der Waals surface area contributed by atoms with Crippen molar-refractivity contribution in [1.29, 1.82) is 0 Å². The van der Waals surface area contributed by atoms with Gasteiger partial charge in [0.15, 0.2) is 5.82 Å². The van der Waals surface area contributed by atoms with Gasteiger partial charge < -0.3 is 0 Å². The number of hydrogen-bond donors (Lipinski definition) is 0. The second-order valence-electron chi connectivity index (χ2n) is 15.2. The van der Waals surface area contributed by atoms with Crippen LogP contribution in [0.4, 0.5) is 0 Å². The lowest BCUT2D eigenvalue weighted by Crippen LogP contribution is -2.00. The zero-order chi connectivity index (χ0) is 40.5. The standard InChI is InChI=1S/C57H38N4/c1-5-16-39(17-6-1)40-28-32-44(33-29-40)53-37-52(43-20-9-3-10-21-43)59-57(60-53)48-25-15-24-47(36-48)41-30-34-45(35-31-41)54-49-26-13-14-27-50(49)56-51(42-18-7-2-8-19-42)38-58-61(56)55(54)46-22-11-4-12-23-46/h1-38H. The Kier molecular flexibility index (Phi) is 9.14. The Morgan fingerprint density at radius 3 is 1.39 bits per heavy atom. The number of fused-ring (bicyclic) bond motifs is 3. The molecule has 4 nitrogen and oxygen atoms in total. The van der Waals surface area contributed by atoms with E-state index in [9.17, 15) is 0 Å². The van der Waals surface area contributed by atoms with Crippen LogP contribution >= 0.6 is 0 Å². The summed E-state index contributed by atoms with van der Waals surface area (Å²) < 4.78 is 2.14. The van der Waals surface area contributed by atoms with E-state index in [-0.39, 0.29) is 0 Å². The predicted molar refractivity (Wildman–Crippen MR) is 252 cm³/mol. The fourth-order valence-corrected chi connectivity index (χ4v) is 8.51. The summed E-state index contributed by atoms with van der Waals surface area (Å²) in [7, 11) is 0. The van der Waals surface area contributed by atoms with Gasteiger partial charge in [-0.15, -0.1) is 0 Å². The van der Waals surface area contributed by atoms with Crippen molar-refractivity contribution in [2.75, 3.05) is 0 Å². The Bertz CT molecular complexity index is 3300. The number of benzene rings is 8. The predicted octanol–water partition coefficient (Wildman–Crippen LogP) is 14.6. The molecule has 0 unspecified atom stereocenters. The van der Waals surface area contributed by atoms with Gasteiger partial charge in [0, 0.05) is 38.8 Å². The largest absolute Gasteiger partial charge is 0.231 e. The molecule has 3 heterocycles. The molecule has 0 bridgehead atoms. The molecule has 0 saturated carbocycles. The van der Waals surface area contributed by atoms with E-state index in [4.69, 9.17) is 15.1 Å². The second-order valence-corrected chi connectivity index (χ2v) is 15.2.